The molecule has 126 valence electrons. The van der Waals surface area contributed by atoms with Gasteiger partial charge in [0.15, 0.2) is 11.5 Å². The summed E-state index contributed by atoms with van der Waals surface area (Å²) in [6.45, 7) is 5.44. The number of hydrogen-bond acceptors (Lipinski definition) is 5. The van der Waals surface area contributed by atoms with Gasteiger partial charge in [0.05, 0.1) is 19.1 Å². The Bertz CT molecular complexity index is 625. The number of imidazole rings is 1. The van der Waals surface area contributed by atoms with Gasteiger partial charge in [-0.15, -0.1) is 0 Å². The summed E-state index contributed by atoms with van der Waals surface area (Å²) in [6.07, 6.45) is 1.73. The van der Waals surface area contributed by atoms with Crippen molar-refractivity contribution in [2.24, 2.45) is 0 Å². The Morgan fingerprint density at radius 1 is 1.22 bits per heavy atom. The first-order valence-corrected chi connectivity index (χ1v) is 7.71. The number of aryl methyl sites for hydroxylation is 1. The van der Waals surface area contributed by atoms with Gasteiger partial charge < -0.3 is 19.7 Å². The number of hydrogen-bond donors (Lipinski definition) is 2. The van der Waals surface area contributed by atoms with E-state index in [-0.39, 0.29) is 5.75 Å². The fourth-order valence-electron chi connectivity index (χ4n) is 2.41. The lowest BCUT2D eigenvalue weighted by atomic mass is 10.1. The van der Waals surface area contributed by atoms with Crippen LogP contribution in [0.25, 0.3) is 0 Å². The number of aromatic hydroxyl groups is 1. The predicted molar refractivity (Wildman–Crippen MR) is 90.7 cm³/mol. The third-order valence-electron chi connectivity index (χ3n) is 3.82. The molecule has 1 aromatic heterocycles. The molecule has 0 fully saturated rings. The lowest BCUT2D eigenvalue weighted by Crippen LogP contribution is -2.31. The number of nitrogens with zero attached hydrogens (tertiary/aromatic N) is 3. The number of phenols is 1. The maximum Gasteiger partial charge on any atom is 0.160 e. The molecule has 0 bridgehead atoms. The number of benzene rings is 1. The topological polar surface area (TPSA) is 64.6 Å². The molecule has 0 aliphatic heterocycles. The summed E-state index contributed by atoms with van der Waals surface area (Å²) in [5.41, 5.74) is 3.20. The molecule has 2 N–H and O–H groups in total. The van der Waals surface area contributed by atoms with E-state index >= 15 is 0 Å². The van der Waals surface area contributed by atoms with Gasteiger partial charge in [-0.1, -0.05) is 6.07 Å². The van der Waals surface area contributed by atoms with E-state index in [1.54, 1.807) is 25.6 Å². The Balaban J connectivity index is 2.10. The molecule has 0 amide bonds. The quantitative estimate of drug-likeness (QED) is 0.779. The van der Waals surface area contributed by atoms with E-state index in [0.29, 0.717) is 5.75 Å². The molecular formula is C17H26N4O2. The van der Waals surface area contributed by atoms with Crippen LogP contribution in [0.2, 0.25) is 0 Å². The van der Waals surface area contributed by atoms with Crippen molar-refractivity contribution < 1.29 is 9.84 Å². The molecule has 0 unspecified atom stereocenters. The third-order valence-corrected chi connectivity index (χ3v) is 3.82. The first kappa shape index (κ1) is 17.3. The summed E-state index contributed by atoms with van der Waals surface area (Å²) in [6, 6.07) is 5.55. The lowest BCUT2D eigenvalue weighted by molar-refractivity contribution is 0.223. The molecule has 0 atom stereocenters. The van der Waals surface area contributed by atoms with E-state index in [2.05, 4.69) is 33.9 Å². The van der Waals surface area contributed by atoms with E-state index in [1.165, 1.54) is 0 Å². The van der Waals surface area contributed by atoms with Gasteiger partial charge in [0.2, 0.25) is 0 Å². The molecule has 6 heteroatoms. The zero-order chi connectivity index (χ0) is 16.8. The minimum absolute atomic E-state index is 0.175. The normalized spacial score (nSPS) is 11.4. The second kappa shape index (κ2) is 7.99. The summed E-state index contributed by atoms with van der Waals surface area (Å²) < 4.78 is 5.10. The number of aromatic amines is 1. The number of phenolic OH excluding ortho intramolecular Hbond substituents is 1. The molecule has 0 aliphatic carbocycles. The van der Waals surface area contributed by atoms with Crippen LogP contribution in [0.5, 0.6) is 11.5 Å². The molecule has 6 nitrogen and oxygen atoms in total. The number of ether oxygens (including phenoxy) is 1. The first-order valence-electron chi connectivity index (χ1n) is 7.71. The average molecular weight is 318 g/mol. The van der Waals surface area contributed by atoms with E-state index < -0.39 is 0 Å². The smallest absolute Gasteiger partial charge is 0.160 e. The first-order chi connectivity index (χ1) is 11.0. The predicted octanol–water partition coefficient (Wildman–Crippen LogP) is 2.00. The highest BCUT2D eigenvalue weighted by molar-refractivity contribution is 5.41. The molecule has 0 saturated carbocycles. The Labute approximate surface area is 137 Å². The van der Waals surface area contributed by atoms with Gasteiger partial charge in [0, 0.05) is 31.9 Å². The fourth-order valence-corrected chi connectivity index (χ4v) is 2.41. The number of rotatable bonds is 8. The van der Waals surface area contributed by atoms with Crippen LogP contribution in [0.15, 0.2) is 24.5 Å². The fraction of sp³-hybridized carbons (Fsp3) is 0.471. The van der Waals surface area contributed by atoms with Crippen LogP contribution in [-0.2, 0) is 13.1 Å². The SMILES string of the molecule is COc1ccc(CN(CCN(C)C)Cc2nc[nH]c2C)cc1O. The standard InChI is InChI=1S/C17H26N4O2/c1-13-15(19-12-18-13)11-21(8-7-20(2)3)10-14-5-6-17(23-4)16(22)9-14/h5-6,9,12,22H,7-8,10-11H2,1-4H3,(H,18,19). The van der Waals surface area contributed by atoms with E-state index in [4.69, 9.17) is 4.74 Å². The van der Waals surface area contributed by atoms with Gasteiger partial charge >= 0.3 is 0 Å². The highest BCUT2D eigenvalue weighted by atomic mass is 16.5. The average Bonchev–Trinajstić information content (AvgIpc) is 2.90. The third kappa shape index (κ3) is 4.97. The number of methoxy groups -OCH3 is 1. The molecule has 0 radical (unpaired) electrons. The molecule has 1 aromatic carbocycles. The van der Waals surface area contributed by atoms with Crippen molar-refractivity contribution in [3.8, 4) is 11.5 Å². The summed E-state index contributed by atoms with van der Waals surface area (Å²) in [7, 11) is 5.69. The highest BCUT2D eigenvalue weighted by Crippen LogP contribution is 2.27. The number of aromatic nitrogens is 2. The highest BCUT2D eigenvalue weighted by Gasteiger charge is 2.12. The van der Waals surface area contributed by atoms with Crippen LogP contribution in [0.3, 0.4) is 0 Å². The molecule has 0 saturated heterocycles. The van der Waals surface area contributed by atoms with Crippen LogP contribution in [-0.4, -0.2) is 59.2 Å². The Morgan fingerprint density at radius 2 is 2.00 bits per heavy atom. The van der Waals surface area contributed by atoms with E-state index in [1.807, 2.05) is 13.0 Å². The molecule has 2 rings (SSSR count). The Hall–Kier alpha value is -2.05. The summed E-state index contributed by atoms with van der Waals surface area (Å²) in [5, 5.41) is 9.95. The second-order valence-electron chi connectivity index (χ2n) is 5.99. The number of likely N-dealkylation sites (N-methyl/N-ethyl adjacent to an activating group) is 1. The van der Waals surface area contributed by atoms with Crippen LogP contribution in [0, 0.1) is 6.92 Å². The van der Waals surface area contributed by atoms with Gasteiger partial charge in [-0.25, -0.2) is 4.98 Å². The minimum atomic E-state index is 0.175. The van der Waals surface area contributed by atoms with Crippen molar-refractivity contribution in [2.45, 2.75) is 20.0 Å². The lowest BCUT2D eigenvalue weighted by Gasteiger charge is -2.24. The van der Waals surface area contributed by atoms with Crippen molar-refractivity contribution in [1.82, 2.24) is 19.8 Å². The zero-order valence-electron chi connectivity index (χ0n) is 14.3. The number of H-pyrrole nitrogens is 1. The minimum Gasteiger partial charge on any atom is -0.504 e. The van der Waals surface area contributed by atoms with Crippen LogP contribution >= 0.6 is 0 Å². The molecule has 0 aliphatic rings. The molecule has 2 aromatic rings. The van der Waals surface area contributed by atoms with Gasteiger partial charge in [-0.05, 0) is 38.7 Å². The molecular weight excluding hydrogens is 292 g/mol. The van der Waals surface area contributed by atoms with Crippen LogP contribution in [0.4, 0.5) is 0 Å². The van der Waals surface area contributed by atoms with E-state index in [9.17, 15) is 5.11 Å². The number of nitrogens with one attached hydrogen (secondary N) is 1. The monoisotopic (exact) mass is 318 g/mol. The van der Waals surface area contributed by atoms with Gasteiger partial charge in [-0.3, -0.25) is 4.90 Å². The van der Waals surface area contributed by atoms with Crippen molar-refractivity contribution in [1.29, 1.82) is 0 Å². The second-order valence-corrected chi connectivity index (χ2v) is 5.99. The zero-order valence-corrected chi connectivity index (χ0v) is 14.3. The van der Waals surface area contributed by atoms with Crippen LogP contribution < -0.4 is 4.74 Å². The summed E-state index contributed by atoms with van der Waals surface area (Å²) in [5.74, 6) is 0.672. The summed E-state index contributed by atoms with van der Waals surface area (Å²) >= 11 is 0. The molecule has 0 spiro atoms. The van der Waals surface area contributed by atoms with Gasteiger partial charge in [0.25, 0.3) is 0 Å². The van der Waals surface area contributed by atoms with Gasteiger partial charge in [-0.2, -0.15) is 0 Å². The maximum absolute atomic E-state index is 9.95. The van der Waals surface area contributed by atoms with E-state index in [0.717, 1.165) is 43.1 Å². The maximum atomic E-state index is 9.95. The van der Waals surface area contributed by atoms with Crippen molar-refractivity contribution in [3.05, 3.63) is 41.5 Å². The van der Waals surface area contributed by atoms with Crippen LogP contribution in [0.1, 0.15) is 17.0 Å². The largest absolute Gasteiger partial charge is 0.504 e. The molecule has 1 heterocycles. The van der Waals surface area contributed by atoms with Crippen molar-refractivity contribution in [2.75, 3.05) is 34.3 Å². The van der Waals surface area contributed by atoms with Gasteiger partial charge in [0.1, 0.15) is 0 Å². The Morgan fingerprint density at radius 3 is 2.57 bits per heavy atom. The van der Waals surface area contributed by atoms with Crippen molar-refractivity contribution in [3.63, 3.8) is 0 Å². The molecule has 23 heavy (non-hydrogen) atoms. The Kier molecular flexibility index (Phi) is 6.01. The van der Waals surface area contributed by atoms with Crippen molar-refractivity contribution >= 4 is 0 Å². The summed E-state index contributed by atoms with van der Waals surface area (Å²) in [4.78, 5) is 12.0.